The predicted molar refractivity (Wildman–Crippen MR) is 63.4 cm³/mol. The summed E-state index contributed by atoms with van der Waals surface area (Å²) in [6.07, 6.45) is 1.77. The molecule has 1 aromatic rings. The van der Waals surface area contributed by atoms with Crippen LogP contribution in [0.4, 0.5) is 0 Å². The van der Waals surface area contributed by atoms with Gasteiger partial charge in [0.1, 0.15) is 5.76 Å². The molecule has 2 N–H and O–H groups in total. The molecule has 2 nitrogen and oxygen atoms in total. The Kier molecular flexibility index (Phi) is 11.6. The molecule has 0 aliphatic carbocycles. The molecule has 1 heterocycles. The van der Waals surface area contributed by atoms with Crippen LogP contribution in [0.1, 0.15) is 58.8 Å². The van der Waals surface area contributed by atoms with Crippen LogP contribution >= 0.6 is 0 Å². The molecule has 1 rings (SSSR count). The molecular formula is C12H25NO. The van der Waals surface area contributed by atoms with Gasteiger partial charge in [-0.3, -0.25) is 0 Å². The average molecular weight is 199 g/mol. The van der Waals surface area contributed by atoms with Gasteiger partial charge in [0.2, 0.25) is 0 Å². The lowest BCUT2D eigenvalue weighted by Gasteiger charge is -1.95. The maximum Gasteiger partial charge on any atom is 0.117 e. The van der Waals surface area contributed by atoms with Gasteiger partial charge in [-0.2, -0.15) is 0 Å². The van der Waals surface area contributed by atoms with Crippen molar-refractivity contribution < 1.29 is 4.42 Å². The third-order valence-corrected chi connectivity index (χ3v) is 1.54. The minimum atomic E-state index is 0.493. The highest BCUT2D eigenvalue weighted by molar-refractivity contribution is 5.15. The first-order chi connectivity index (χ1) is 6.74. The van der Waals surface area contributed by atoms with Crippen LogP contribution in [-0.4, -0.2) is 0 Å². The molecule has 0 bridgehead atoms. The number of furan rings is 1. The summed E-state index contributed by atoms with van der Waals surface area (Å²) < 4.78 is 5.15. The summed E-state index contributed by atoms with van der Waals surface area (Å²) in [4.78, 5) is 0. The van der Waals surface area contributed by atoms with E-state index in [4.69, 9.17) is 10.2 Å². The minimum absolute atomic E-state index is 0.493. The molecule has 14 heavy (non-hydrogen) atoms. The topological polar surface area (TPSA) is 39.2 Å². The molecule has 0 amide bonds. The summed E-state index contributed by atoms with van der Waals surface area (Å²) >= 11 is 0. The van der Waals surface area contributed by atoms with Gasteiger partial charge in [0.05, 0.1) is 12.8 Å². The fourth-order valence-corrected chi connectivity index (χ4v) is 0.807. The number of hydrogen-bond acceptors (Lipinski definition) is 2. The second-order valence-corrected chi connectivity index (χ2v) is 2.71. The van der Waals surface area contributed by atoms with E-state index in [0.717, 1.165) is 5.76 Å². The van der Waals surface area contributed by atoms with Gasteiger partial charge in [-0.05, 0) is 17.5 Å². The van der Waals surface area contributed by atoms with Gasteiger partial charge in [-0.25, -0.2) is 0 Å². The first kappa shape index (κ1) is 15.7. The molecule has 0 saturated heterocycles. The zero-order valence-corrected chi connectivity index (χ0v) is 10.4. The van der Waals surface area contributed by atoms with E-state index in [1.807, 2.05) is 33.8 Å². The van der Waals surface area contributed by atoms with E-state index in [1.165, 1.54) is 5.56 Å². The molecule has 0 radical (unpaired) electrons. The fourth-order valence-electron chi connectivity index (χ4n) is 0.807. The van der Waals surface area contributed by atoms with Crippen molar-refractivity contribution in [1.29, 1.82) is 0 Å². The summed E-state index contributed by atoms with van der Waals surface area (Å²) in [5.41, 5.74) is 6.59. The van der Waals surface area contributed by atoms with Crippen molar-refractivity contribution >= 4 is 0 Å². The molecule has 0 aliphatic heterocycles. The van der Waals surface area contributed by atoms with Crippen LogP contribution in [0.15, 0.2) is 16.7 Å². The van der Waals surface area contributed by atoms with Crippen molar-refractivity contribution in [3.8, 4) is 0 Å². The van der Waals surface area contributed by atoms with E-state index in [0.29, 0.717) is 12.5 Å². The number of hydrogen-bond donors (Lipinski definition) is 1. The van der Waals surface area contributed by atoms with Crippen LogP contribution in [0, 0.1) is 0 Å². The Morgan fingerprint density at radius 1 is 1.21 bits per heavy atom. The van der Waals surface area contributed by atoms with Crippen LogP contribution in [-0.2, 0) is 6.54 Å². The molecule has 0 fully saturated rings. The molecule has 0 saturated carbocycles. The Hall–Kier alpha value is -0.760. The van der Waals surface area contributed by atoms with E-state index in [9.17, 15) is 0 Å². The molecular weight excluding hydrogens is 174 g/mol. The quantitative estimate of drug-likeness (QED) is 0.784. The van der Waals surface area contributed by atoms with Crippen LogP contribution in [0.2, 0.25) is 0 Å². The van der Waals surface area contributed by atoms with Crippen molar-refractivity contribution in [2.45, 2.75) is 54.0 Å². The molecule has 0 spiro atoms. The first-order valence-corrected chi connectivity index (χ1v) is 5.51. The second kappa shape index (κ2) is 10.3. The SMILES string of the molecule is CC.CC.CC(C)c1coc(CN)c1. The van der Waals surface area contributed by atoms with Crippen molar-refractivity contribution in [3.05, 3.63) is 23.7 Å². The summed E-state index contributed by atoms with van der Waals surface area (Å²) in [5, 5.41) is 0. The zero-order valence-electron chi connectivity index (χ0n) is 10.4. The molecule has 84 valence electrons. The molecule has 1 aromatic heterocycles. The smallest absolute Gasteiger partial charge is 0.117 e. The van der Waals surface area contributed by atoms with E-state index in [1.54, 1.807) is 6.26 Å². The maximum absolute atomic E-state index is 5.37. The summed E-state index contributed by atoms with van der Waals surface area (Å²) in [7, 11) is 0. The highest BCUT2D eigenvalue weighted by atomic mass is 16.3. The second-order valence-electron chi connectivity index (χ2n) is 2.71. The van der Waals surface area contributed by atoms with Gasteiger partial charge >= 0.3 is 0 Å². The van der Waals surface area contributed by atoms with Gasteiger partial charge in [0.25, 0.3) is 0 Å². The highest BCUT2D eigenvalue weighted by Crippen LogP contribution is 2.16. The zero-order chi connectivity index (χ0) is 11.6. The Labute approximate surface area is 88.5 Å². The van der Waals surface area contributed by atoms with Crippen LogP contribution in [0.5, 0.6) is 0 Å². The van der Waals surface area contributed by atoms with E-state index < -0.39 is 0 Å². The fraction of sp³-hybridized carbons (Fsp3) is 0.667. The minimum Gasteiger partial charge on any atom is -0.468 e. The Morgan fingerprint density at radius 2 is 1.71 bits per heavy atom. The van der Waals surface area contributed by atoms with Gasteiger partial charge in [0, 0.05) is 0 Å². The van der Waals surface area contributed by atoms with Crippen molar-refractivity contribution in [2.24, 2.45) is 5.73 Å². The molecule has 2 heteroatoms. The monoisotopic (exact) mass is 199 g/mol. The van der Waals surface area contributed by atoms with Gasteiger partial charge in [-0.15, -0.1) is 0 Å². The first-order valence-electron chi connectivity index (χ1n) is 5.51. The predicted octanol–water partition coefficient (Wildman–Crippen LogP) is 3.91. The van der Waals surface area contributed by atoms with Gasteiger partial charge < -0.3 is 10.2 Å². The Morgan fingerprint density at radius 3 is 1.93 bits per heavy atom. The average Bonchev–Trinajstić information content (AvgIpc) is 2.72. The van der Waals surface area contributed by atoms with Crippen molar-refractivity contribution in [1.82, 2.24) is 0 Å². The lowest BCUT2D eigenvalue weighted by atomic mass is 10.1. The summed E-state index contributed by atoms with van der Waals surface area (Å²) in [6.45, 7) is 12.8. The Balaban J connectivity index is 0. The van der Waals surface area contributed by atoms with Crippen molar-refractivity contribution in [3.63, 3.8) is 0 Å². The standard InChI is InChI=1S/C8H13NO.2C2H6/c1-6(2)7-3-8(4-9)10-5-7;2*1-2/h3,5-6H,4,9H2,1-2H3;2*1-2H3. The van der Waals surface area contributed by atoms with Crippen molar-refractivity contribution in [2.75, 3.05) is 0 Å². The van der Waals surface area contributed by atoms with E-state index in [-0.39, 0.29) is 0 Å². The molecule has 0 atom stereocenters. The van der Waals surface area contributed by atoms with Gasteiger partial charge in [-0.1, -0.05) is 41.5 Å². The largest absolute Gasteiger partial charge is 0.468 e. The molecule has 0 aromatic carbocycles. The third kappa shape index (κ3) is 5.81. The summed E-state index contributed by atoms with van der Waals surface area (Å²) in [5.74, 6) is 1.40. The maximum atomic E-state index is 5.37. The molecule has 0 aliphatic rings. The van der Waals surface area contributed by atoms with Crippen LogP contribution < -0.4 is 5.73 Å². The van der Waals surface area contributed by atoms with Gasteiger partial charge in [0.15, 0.2) is 0 Å². The normalized spacial score (nSPS) is 8.57. The lowest BCUT2D eigenvalue weighted by molar-refractivity contribution is 0.509. The van der Waals surface area contributed by atoms with Crippen LogP contribution in [0.3, 0.4) is 0 Å². The highest BCUT2D eigenvalue weighted by Gasteiger charge is 2.02. The van der Waals surface area contributed by atoms with Crippen LogP contribution in [0.25, 0.3) is 0 Å². The third-order valence-electron chi connectivity index (χ3n) is 1.54. The number of nitrogens with two attached hydrogens (primary N) is 1. The lowest BCUT2D eigenvalue weighted by Crippen LogP contribution is -1.93. The Bertz CT molecular complexity index is 204. The van der Waals surface area contributed by atoms with E-state index in [2.05, 4.69) is 13.8 Å². The van der Waals surface area contributed by atoms with E-state index >= 15 is 0 Å². The summed E-state index contributed by atoms with van der Waals surface area (Å²) in [6, 6.07) is 2.00. The molecule has 0 unspecified atom stereocenters. The number of rotatable bonds is 2.